The van der Waals surface area contributed by atoms with Crippen molar-refractivity contribution in [1.29, 1.82) is 0 Å². The van der Waals surface area contributed by atoms with Crippen LogP contribution in [0.3, 0.4) is 0 Å². The molecular formula is C15H26ClNO3. The minimum atomic E-state index is -0.667. The van der Waals surface area contributed by atoms with Crippen LogP contribution in [0.2, 0.25) is 0 Å². The molecule has 2 atom stereocenters. The van der Waals surface area contributed by atoms with Crippen molar-refractivity contribution in [2.45, 2.75) is 39.3 Å². The number of hydrogen-bond donors (Lipinski definition) is 2. The highest BCUT2D eigenvalue weighted by Gasteiger charge is 2.26. The van der Waals surface area contributed by atoms with Gasteiger partial charge in [0.25, 0.3) is 0 Å². The minimum Gasteiger partial charge on any atom is -0.493 e. The molecule has 0 aliphatic carbocycles. The number of methoxy groups -OCH3 is 2. The fourth-order valence-corrected chi connectivity index (χ4v) is 1.90. The molecular weight excluding hydrogens is 278 g/mol. The van der Waals surface area contributed by atoms with Crippen LogP contribution in [-0.2, 0) is 0 Å². The van der Waals surface area contributed by atoms with Gasteiger partial charge in [-0.2, -0.15) is 0 Å². The predicted molar refractivity (Wildman–Crippen MR) is 83.8 cm³/mol. The second-order valence-corrected chi connectivity index (χ2v) is 5.81. The number of benzene rings is 1. The third kappa shape index (κ3) is 4.54. The first-order chi connectivity index (χ1) is 8.81. The van der Waals surface area contributed by atoms with Crippen LogP contribution in [0.25, 0.3) is 0 Å². The quantitative estimate of drug-likeness (QED) is 0.878. The molecule has 0 spiro atoms. The van der Waals surface area contributed by atoms with Gasteiger partial charge in [-0.05, 0) is 17.9 Å². The van der Waals surface area contributed by atoms with E-state index in [1.54, 1.807) is 20.3 Å². The van der Waals surface area contributed by atoms with Gasteiger partial charge in [-0.1, -0.05) is 32.9 Å². The summed E-state index contributed by atoms with van der Waals surface area (Å²) in [6, 6.07) is 5.38. The zero-order valence-corrected chi connectivity index (χ0v) is 13.7. The summed E-state index contributed by atoms with van der Waals surface area (Å²) in [5.74, 6) is 1.18. The molecule has 0 amide bonds. The standard InChI is InChI=1S/C15H25NO3.ClH/c1-15(2,3)13(16)9-11(17)10-7-6-8-12(18-4)14(10)19-5;/h6-8,11,13,17H,9,16H2,1-5H3;1H/t11-,13-;/m0./s1. The van der Waals surface area contributed by atoms with Gasteiger partial charge in [-0.25, -0.2) is 0 Å². The lowest BCUT2D eigenvalue weighted by molar-refractivity contribution is 0.130. The number of nitrogens with two attached hydrogens (primary N) is 1. The van der Waals surface area contributed by atoms with E-state index in [1.807, 2.05) is 12.1 Å². The van der Waals surface area contributed by atoms with Gasteiger partial charge < -0.3 is 20.3 Å². The Morgan fingerprint density at radius 1 is 1.20 bits per heavy atom. The topological polar surface area (TPSA) is 64.7 Å². The second kappa shape index (κ2) is 7.72. The lowest BCUT2D eigenvalue weighted by Crippen LogP contribution is -2.36. The van der Waals surface area contributed by atoms with Gasteiger partial charge in [0.15, 0.2) is 11.5 Å². The average Bonchev–Trinajstić information content (AvgIpc) is 2.36. The molecule has 0 heterocycles. The highest BCUT2D eigenvalue weighted by atomic mass is 35.5. The number of hydrogen-bond acceptors (Lipinski definition) is 4. The lowest BCUT2D eigenvalue weighted by Gasteiger charge is -2.29. The average molecular weight is 304 g/mol. The first-order valence-electron chi connectivity index (χ1n) is 6.45. The fourth-order valence-electron chi connectivity index (χ4n) is 1.90. The van der Waals surface area contributed by atoms with Crippen LogP contribution < -0.4 is 15.2 Å². The Labute approximate surface area is 127 Å². The van der Waals surface area contributed by atoms with E-state index in [-0.39, 0.29) is 23.9 Å². The van der Waals surface area contributed by atoms with Crippen molar-refractivity contribution in [2.24, 2.45) is 11.1 Å². The fraction of sp³-hybridized carbons (Fsp3) is 0.600. The Morgan fingerprint density at radius 3 is 2.25 bits per heavy atom. The molecule has 3 N–H and O–H groups in total. The van der Waals surface area contributed by atoms with Crippen LogP contribution >= 0.6 is 12.4 Å². The third-order valence-corrected chi connectivity index (χ3v) is 3.38. The second-order valence-electron chi connectivity index (χ2n) is 5.81. The van der Waals surface area contributed by atoms with Gasteiger partial charge in [-0.15, -0.1) is 12.4 Å². The summed E-state index contributed by atoms with van der Waals surface area (Å²) in [4.78, 5) is 0. The Morgan fingerprint density at radius 2 is 1.80 bits per heavy atom. The van der Waals surface area contributed by atoms with E-state index in [4.69, 9.17) is 15.2 Å². The molecule has 20 heavy (non-hydrogen) atoms. The summed E-state index contributed by atoms with van der Waals surface area (Å²) in [6.07, 6.45) is -0.188. The zero-order valence-electron chi connectivity index (χ0n) is 12.8. The maximum atomic E-state index is 10.4. The molecule has 0 aromatic heterocycles. The van der Waals surface area contributed by atoms with Crippen molar-refractivity contribution >= 4 is 12.4 Å². The maximum Gasteiger partial charge on any atom is 0.166 e. The molecule has 0 saturated carbocycles. The van der Waals surface area contributed by atoms with Gasteiger partial charge in [0.2, 0.25) is 0 Å². The van der Waals surface area contributed by atoms with Crippen molar-refractivity contribution < 1.29 is 14.6 Å². The molecule has 0 unspecified atom stereocenters. The van der Waals surface area contributed by atoms with Crippen LogP contribution in [0.5, 0.6) is 11.5 Å². The Bertz CT molecular complexity index is 418. The summed E-state index contributed by atoms with van der Waals surface area (Å²) >= 11 is 0. The number of aliphatic hydroxyl groups is 1. The summed E-state index contributed by atoms with van der Waals surface area (Å²) in [6.45, 7) is 6.19. The summed E-state index contributed by atoms with van der Waals surface area (Å²) < 4.78 is 10.6. The molecule has 1 aromatic carbocycles. The summed E-state index contributed by atoms with van der Waals surface area (Å²) in [5, 5.41) is 10.4. The van der Waals surface area contributed by atoms with Crippen LogP contribution in [0.1, 0.15) is 38.9 Å². The maximum absolute atomic E-state index is 10.4. The van der Waals surface area contributed by atoms with E-state index in [0.717, 1.165) is 0 Å². The number of rotatable bonds is 5. The molecule has 0 fully saturated rings. The van der Waals surface area contributed by atoms with E-state index in [2.05, 4.69) is 20.8 Å². The first-order valence-corrected chi connectivity index (χ1v) is 6.45. The monoisotopic (exact) mass is 303 g/mol. The predicted octanol–water partition coefficient (Wildman–Crippen LogP) is 2.92. The number of halogens is 1. The van der Waals surface area contributed by atoms with Crippen molar-refractivity contribution in [1.82, 2.24) is 0 Å². The van der Waals surface area contributed by atoms with E-state index in [0.29, 0.717) is 23.5 Å². The van der Waals surface area contributed by atoms with Crippen LogP contribution in [0, 0.1) is 5.41 Å². The van der Waals surface area contributed by atoms with Gasteiger partial charge in [0, 0.05) is 11.6 Å². The smallest absolute Gasteiger partial charge is 0.166 e. The Balaban J connectivity index is 0.00000361. The van der Waals surface area contributed by atoms with E-state index in [1.165, 1.54) is 0 Å². The molecule has 0 aliphatic heterocycles. The minimum absolute atomic E-state index is 0. The van der Waals surface area contributed by atoms with Gasteiger partial charge in [0.05, 0.1) is 20.3 Å². The van der Waals surface area contributed by atoms with Crippen molar-refractivity contribution in [2.75, 3.05) is 14.2 Å². The summed E-state index contributed by atoms with van der Waals surface area (Å²) in [5.41, 5.74) is 6.78. The van der Waals surface area contributed by atoms with Crippen molar-refractivity contribution in [3.63, 3.8) is 0 Å². The van der Waals surface area contributed by atoms with Crippen LogP contribution in [-0.4, -0.2) is 25.4 Å². The summed E-state index contributed by atoms with van der Waals surface area (Å²) in [7, 11) is 3.15. The Kier molecular flexibility index (Phi) is 7.34. The zero-order chi connectivity index (χ0) is 14.6. The van der Waals surface area contributed by atoms with E-state index in [9.17, 15) is 5.11 Å². The SMILES string of the molecule is COc1cccc([C@@H](O)C[C@H](N)C(C)(C)C)c1OC.Cl. The number of para-hydroxylation sites is 1. The molecule has 1 aromatic rings. The molecule has 0 saturated heterocycles. The molecule has 5 heteroatoms. The van der Waals surface area contributed by atoms with Gasteiger partial charge in [-0.3, -0.25) is 0 Å². The molecule has 0 aliphatic rings. The Hall–Kier alpha value is -0.970. The molecule has 4 nitrogen and oxygen atoms in total. The third-order valence-electron chi connectivity index (χ3n) is 3.38. The normalized spacial score (nSPS) is 14.2. The van der Waals surface area contributed by atoms with Gasteiger partial charge in [0.1, 0.15) is 0 Å². The first kappa shape index (κ1) is 19.0. The van der Waals surface area contributed by atoms with Crippen molar-refractivity contribution in [3.05, 3.63) is 23.8 Å². The largest absolute Gasteiger partial charge is 0.493 e. The van der Waals surface area contributed by atoms with E-state index >= 15 is 0 Å². The molecule has 0 bridgehead atoms. The lowest BCUT2D eigenvalue weighted by atomic mass is 9.83. The highest BCUT2D eigenvalue weighted by Crippen LogP contribution is 2.37. The molecule has 0 radical (unpaired) electrons. The van der Waals surface area contributed by atoms with Crippen LogP contribution in [0.4, 0.5) is 0 Å². The number of aliphatic hydroxyl groups excluding tert-OH is 1. The molecule has 1 rings (SSSR count). The van der Waals surface area contributed by atoms with Crippen molar-refractivity contribution in [3.8, 4) is 11.5 Å². The highest BCUT2D eigenvalue weighted by molar-refractivity contribution is 5.85. The number of ether oxygens (including phenoxy) is 2. The van der Waals surface area contributed by atoms with Gasteiger partial charge >= 0.3 is 0 Å². The van der Waals surface area contributed by atoms with E-state index < -0.39 is 6.10 Å². The van der Waals surface area contributed by atoms with Crippen LogP contribution in [0.15, 0.2) is 18.2 Å². The molecule has 116 valence electrons.